The fourth-order valence-electron chi connectivity index (χ4n) is 2.23. The Bertz CT molecular complexity index is 437. The zero-order chi connectivity index (χ0) is 18.1. The van der Waals surface area contributed by atoms with Crippen molar-refractivity contribution in [3.63, 3.8) is 0 Å². The number of hydrogen-bond acceptors (Lipinski definition) is 4. The molecule has 0 saturated carbocycles. The maximum Gasteiger partial charge on any atom is 0.410 e. The quantitative estimate of drug-likeness (QED) is 0.577. The van der Waals surface area contributed by atoms with E-state index in [4.69, 9.17) is 9.16 Å². The lowest BCUT2D eigenvalue weighted by molar-refractivity contribution is -0.111. The Balaban J connectivity index is 2.67. The van der Waals surface area contributed by atoms with E-state index < -0.39 is 13.9 Å². The van der Waals surface area contributed by atoms with Gasteiger partial charge in [-0.15, -0.1) is 0 Å². The molecule has 6 heteroatoms. The van der Waals surface area contributed by atoms with Gasteiger partial charge in [0.05, 0.1) is 0 Å². The second-order valence-corrected chi connectivity index (χ2v) is 13.8. The highest BCUT2D eigenvalue weighted by Gasteiger charge is 2.41. The molecule has 0 N–H and O–H groups in total. The molecule has 1 fully saturated rings. The van der Waals surface area contributed by atoms with Crippen molar-refractivity contribution in [1.29, 1.82) is 0 Å². The Morgan fingerprint density at radius 1 is 1.17 bits per heavy atom. The number of carbonyl (C=O) groups excluding carboxylic acids is 2. The molecular formula is C17H33NO4Si. The summed E-state index contributed by atoms with van der Waals surface area (Å²) in [6.07, 6.45) is 0.600. The Kier molecular flexibility index (Phi) is 6.07. The van der Waals surface area contributed by atoms with Crippen LogP contribution in [0.15, 0.2) is 0 Å². The first kappa shape index (κ1) is 20.2. The van der Waals surface area contributed by atoms with E-state index in [2.05, 4.69) is 33.9 Å². The van der Waals surface area contributed by atoms with Crippen molar-refractivity contribution in [2.75, 3.05) is 19.7 Å². The van der Waals surface area contributed by atoms with E-state index in [1.807, 2.05) is 20.8 Å². The number of hydrogen-bond donors (Lipinski definition) is 0. The average molecular weight is 344 g/mol. The molecule has 5 nitrogen and oxygen atoms in total. The number of ether oxygens (including phenoxy) is 1. The monoisotopic (exact) mass is 343 g/mol. The SMILES string of the molecule is CC(C)(C)OC(=O)N1CC(C=O)C(CO[Si](C)(C)C(C)(C)C)C1. The molecule has 1 heterocycles. The molecule has 1 rings (SSSR count). The van der Waals surface area contributed by atoms with Crippen LogP contribution in [0.2, 0.25) is 18.1 Å². The van der Waals surface area contributed by atoms with Crippen LogP contribution >= 0.6 is 0 Å². The van der Waals surface area contributed by atoms with E-state index in [9.17, 15) is 9.59 Å². The summed E-state index contributed by atoms with van der Waals surface area (Å²) in [6.45, 7) is 18.0. The minimum Gasteiger partial charge on any atom is -0.444 e. The van der Waals surface area contributed by atoms with Gasteiger partial charge in [0, 0.05) is 31.5 Å². The first-order chi connectivity index (χ1) is 10.3. The lowest BCUT2D eigenvalue weighted by Gasteiger charge is -2.37. The Morgan fingerprint density at radius 2 is 1.74 bits per heavy atom. The summed E-state index contributed by atoms with van der Waals surface area (Å²) in [5.74, 6) is -0.124. The Labute approximate surface area is 141 Å². The van der Waals surface area contributed by atoms with Crippen molar-refractivity contribution < 1.29 is 18.8 Å². The van der Waals surface area contributed by atoms with Crippen molar-refractivity contribution in [3.8, 4) is 0 Å². The number of likely N-dealkylation sites (tertiary alicyclic amines) is 1. The largest absolute Gasteiger partial charge is 0.444 e. The molecule has 0 aliphatic carbocycles. The average Bonchev–Trinajstić information content (AvgIpc) is 2.76. The van der Waals surface area contributed by atoms with Gasteiger partial charge in [-0.2, -0.15) is 0 Å². The fourth-order valence-corrected chi connectivity index (χ4v) is 3.30. The van der Waals surface area contributed by atoms with E-state index in [0.29, 0.717) is 19.7 Å². The van der Waals surface area contributed by atoms with Crippen molar-refractivity contribution >= 4 is 20.7 Å². The number of rotatable bonds is 4. The summed E-state index contributed by atoms with van der Waals surface area (Å²) in [6, 6.07) is 0. The van der Waals surface area contributed by atoms with Crippen LogP contribution in [0.25, 0.3) is 0 Å². The van der Waals surface area contributed by atoms with Crippen LogP contribution in [0.4, 0.5) is 4.79 Å². The molecule has 1 saturated heterocycles. The summed E-state index contributed by atoms with van der Waals surface area (Å²) in [7, 11) is -1.85. The van der Waals surface area contributed by atoms with Gasteiger partial charge in [0.15, 0.2) is 8.32 Å². The zero-order valence-corrected chi connectivity index (χ0v) is 16.9. The van der Waals surface area contributed by atoms with Gasteiger partial charge in [-0.3, -0.25) is 0 Å². The van der Waals surface area contributed by atoms with Crippen LogP contribution in [0, 0.1) is 11.8 Å². The Hall–Kier alpha value is -0.883. The highest BCUT2D eigenvalue weighted by atomic mass is 28.4. The first-order valence-electron chi connectivity index (χ1n) is 8.34. The van der Waals surface area contributed by atoms with Crippen LogP contribution in [-0.4, -0.2) is 50.9 Å². The molecule has 0 radical (unpaired) electrons. The first-order valence-corrected chi connectivity index (χ1v) is 11.2. The number of nitrogens with zero attached hydrogens (tertiary/aromatic N) is 1. The van der Waals surface area contributed by atoms with Gasteiger partial charge in [-0.25, -0.2) is 4.79 Å². The van der Waals surface area contributed by atoms with Gasteiger partial charge in [0.1, 0.15) is 11.9 Å². The van der Waals surface area contributed by atoms with Crippen molar-refractivity contribution in [3.05, 3.63) is 0 Å². The third-order valence-corrected chi connectivity index (χ3v) is 9.28. The molecule has 0 aromatic heterocycles. The smallest absolute Gasteiger partial charge is 0.410 e. The second kappa shape index (κ2) is 6.93. The summed E-state index contributed by atoms with van der Waals surface area (Å²) in [5, 5.41) is 0.132. The normalized spacial score (nSPS) is 23.0. The van der Waals surface area contributed by atoms with E-state index in [1.54, 1.807) is 4.90 Å². The van der Waals surface area contributed by atoms with E-state index in [0.717, 1.165) is 6.29 Å². The maximum atomic E-state index is 12.2. The third-order valence-electron chi connectivity index (χ3n) is 4.78. The molecule has 1 amide bonds. The van der Waals surface area contributed by atoms with Crippen LogP contribution < -0.4 is 0 Å². The van der Waals surface area contributed by atoms with Crippen molar-refractivity contribution in [2.24, 2.45) is 11.8 Å². The lowest BCUT2D eigenvalue weighted by Crippen LogP contribution is -2.42. The lowest BCUT2D eigenvalue weighted by atomic mass is 9.99. The van der Waals surface area contributed by atoms with Gasteiger partial charge < -0.3 is 18.9 Å². The van der Waals surface area contributed by atoms with Crippen molar-refractivity contribution in [1.82, 2.24) is 4.90 Å². The Morgan fingerprint density at radius 3 is 2.17 bits per heavy atom. The summed E-state index contributed by atoms with van der Waals surface area (Å²) in [5.41, 5.74) is -0.524. The molecule has 0 aromatic rings. The fraction of sp³-hybridized carbons (Fsp3) is 0.882. The second-order valence-electron chi connectivity index (χ2n) is 9.02. The highest BCUT2D eigenvalue weighted by molar-refractivity contribution is 6.74. The molecule has 2 unspecified atom stereocenters. The molecule has 134 valence electrons. The molecule has 23 heavy (non-hydrogen) atoms. The van der Waals surface area contributed by atoms with Gasteiger partial charge in [0.25, 0.3) is 0 Å². The number of amides is 1. The predicted molar refractivity (Wildman–Crippen MR) is 94.0 cm³/mol. The molecule has 1 aliphatic heterocycles. The van der Waals surface area contributed by atoms with Gasteiger partial charge in [-0.1, -0.05) is 20.8 Å². The van der Waals surface area contributed by atoms with Gasteiger partial charge in [-0.05, 0) is 38.9 Å². The summed E-state index contributed by atoms with van der Waals surface area (Å²) in [4.78, 5) is 25.2. The third kappa shape index (κ3) is 5.60. The maximum absolute atomic E-state index is 12.2. The molecule has 0 spiro atoms. The molecule has 0 bridgehead atoms. The minimum atomic E-state index is -1.85. The van der Waals surface area contributed by atoms with Crippen LogP contribution in [0.3, 0.4) is 0 Å². The molecular weight excluding hydrogens is 310 g/mol. The van der Waals surface area contributed by atoms with E-state index in [1.165, 1.54) is 0 Å². The van der Waals surface area contributed by atoms with Crippen LogP contribution in [0.5, 0.6) is 0 Å². The van der Waals surface area contributed by atoms with Gasteiger partial charge >= 0.3 is 6.09 Å². The highest BCUT2D eigenvalue weighted by Crippen LogP contribution is 2.37. The summed E-state index contributed by atoms with van der Waals surface area (Å²) >= 11 is 0. The van der Waals surface area contributed by atoms with Crippen molar-refractivity contribution in [2.45, 2.75) is 65.3 Å². The molecule has 0 aromatic carbocycles. The summed E-state index contributed by atoms with van der Waals surface area (Å²) < 4.78 is 11.6. The molecule has 2 atom stereocenters. The van der Waals surface area contributed by atoms with Gasteiger partial charge in [0.2, 0.25) is 0 Å². The topological polar surface area (TPSA) is 55.8 Å². The zero-order valence-electron chi connectivity index (χ0n) is 15.9. The van der Waals surface area contributed by atoms with Crippen LogP contribution in [-0.2, 0) is 14.0 Å². The minimum absolute atomic E-state index is 0.0501. The number of aldehydes is 1. The predicted octanol–water partition coefficient (Wildman–Crippen LogP) is 3.69. The standard InChI is InChI=1S/C17H33NO4Si/c1-16(2,3)22-15(20)18-9-13(11-19)14(10-18)12-21-23(7,8)17(4,5)6/h11,13-14H,9-10,12H2,1-8H3. The van der Waals surface area contributed by atoms with E-state index in [-0.39, 0.29) is 23.0 Å². The number of carbonyl (C=O) groups is 2. The van der Waals surface area contributed by atoms with Crippen LogP contribution in [0.1, 0.15) is 41.5 Å². The molecule has 1 aliphatic rings. The van der Waals surface area contributed by atoms with E-state index >= 15 is 0 Å².